The van der Waals surface area contributed by atoms with Crippen molar-refractivity contribution in [1.82, 2.24) is 0 Å². The maximum Gasteiger partial charge on any atom is 0.126 e. The van der Waals surface area contributed by atoms with Crippen LogP contribution in [0.1, 0.15) is 12.0 Å². The maximum atomic E-state index is 12.8. The van der Waals surface area contributed by atoms with Crippen molar-refractivity contribution in [1.29, 1.82) is 0 Å². The third-order valence-corrected chi connectivity index (χ3v) is 2.09. The standard InChI is InChI=1S/C10H8Cl2FN/c11-9-5-7(13)6-10(12)8(9)3-1-2-4-14/h5-6H,2,4,14H2. The van der Waals surface area contributed by atoms with E-state index in [-0.39, 0.29) is 10.0 Å². The van der Waals surface area contributed by atoms with E-state index in [0.717, 1.165) is 0 Å². The quantitative estimate of drug-likeness (QED) is 0.740. The third-order valence-electron chi connectivity index (χ3n) is 1.49. The van der Waals surface area contributed by atoms with Crippen LogP contribution in [0.5, 0.6) is 0 Å². The van der Waals surface area contributed by atoms with Crippen LogP contribution >= 0.6 is 23.2 Å². The number of halogens is 3. The summed E-state index contributed by atoms with van der Waals surface area (Å²) < 4.78 is 12.8. The van der Waals surface area contributed by atoms with Crippen LogP contribution in [0.4, 0.5) is 4.39 Å². The molecule has 0 unspecified atom stereocenters. The van der Waals surface area contributed by atoms with E-state index in [1.807, 2.05) is 0 Å². The highest BCUT2D eigenvalue weighted by Crippen LogP contribution is 2.24. The fraction of sp³-hybridized carbons (Fsp3) is 0.200. The van der Waals surface area contributed by atoms with Crippen LogP contribution in [0, 0.1) is 17.7 Å². The van der Waals surface area contributed by atoms with E-state index < -0.39 is 5.82 Å². The molecule has 1 rings (SSSR count). The Balaban J connectivity index is 3.04. The van der Waals surface area contributed by atoms with Crippen molar-refractivity contribution < 1.29 is 4.39 Å². The number of rotatable bonds is 1. The molecule has 0 aliphatic rings. The van der Waals surface area contributed by atoms with Crippen molar-refractivity contribution in [2.75, 3.05) is 6.54 Å². The van der Waals surface area contributed by atoms with Crippen molar-refractivity contribution in [2.24, 2.45) is 5.73 Å². The molecule has 0 aliphatic heterocycles. The first-order valence-corrected chi connectivity index (χ1v) is 4.74. The van der Waals surface area contributed by atoms with Crippen LogP contribution in [-0.2, 0) is 0 Å². The van der Waals surface area contributed by atoms with Gasteiger partial charge in [-0.1, -0.05) is 35.0 Å². The minimum atomic E-state index is -0.468. The monoisotopic (exact) mass is 231 g/mol. The molecule has 0 amide bonds. The van der Waals surface area contributed by atoms with Gasteiger partial charge in [0.1, 0.15) is 5.82 Å². The molecule has 0 bridgehead atoms. The summed E-state index contributed by atoms with van der Waals surface area (Å²) in [6.07, 6.45) is 0.560. The largest absolute Gasteiger partial charge is 0.330 e. The average molecular weight is 232 g/mol. The SMILES string of the molecule is NCCC#Cc1c(Cl)cc(F)cc1Cl. The summed E-state index contributed by atoms with van der Waals surface area (Å²) in [7, 11) is 0. The molecule has 0 heterocycles. The van der Waals surface area contributed by atoms with Gasteiger partial charge in [0.15, 0.2) is 0 Å². The summed E-state index contributed by atoms with van der Waals surface area (Å²) in [5.74, 6) is 5.07. The molecule has 0 aliphatic carbocycles. The summed E-state index contributed by atoms with van der Waals surface area (Å²) >= 11 is 11.5. The summed E-state index contributed by atoms with van der Waals surface area (Å²) in [6, 6.07) is 2.36. The first-order valence-electron chi connectivity index (χ1n) is 3.98. The molecule has 74 valence electrons. The maximum absolute atomic E-state index is 12.8. The number of benzene rings is 1. The molecule has 1 nitrogen and oxygen atoms in total. The average Bonchev–Trinajstić information content (AvgIpc) is 2.09. The van der Waals surface area contributed by atoms with E-state index in [9.17, 15) is 4.39 Å². The van der Waals surface area contributed by atoms with E-state index in [4.69, 9.17) is 28.9 Å². The predicted octanol–water partition coefficient (Wildman–Crippen LogP) is 2.83. The molecule has 1 aromatic rings. The summed E-state index contributed by atoms with van der Waals surface area (Å²) in [5, 5.41) is 0.444. The molecule has 0 saturated heterocycles. The molecule has 0 fully saturated rings. The second kappa shape index (κ2) is 5.21. The molecular formula is C10H8Cl2FN. The van der Waals surface area contributed by atoms with Gasteiger partial charge in [0, 0.05) is 13.0 Å². The molecule has 0 radical (unpaired) electrons. The summed E-state index contributed by atoms with van der Waals surface area (Å²) in [6.45, 7) is 0.476. The molecule has 1 aromatic carbocycles. The number of hydrogen-bond donors (Lipinski definition) is 1. The van der Waals surface area contributed by atoms with Gasteiger partial charge in [0.05, 0.1) is 15.6 Å². The molecular weight excluding hydrogens is 224 g/mol. The Bertz CT molecular complexity index is 370. The first kappa shape index (κ1) is 11.3. The Morgan fingerprint density at radius 2 is 1.86 bits per heavy atom. The first-order chi connectivity index (χ1) is 6.65. The topological polar surface area (TPSA) is 26.0 Å². The lowest BCUT2D eigenvalue weighted by molar-refractivity contribution is 0.628. The number of hydrogen-bond acceptors (Lipinski definition) is 1. The van der Waals surface area contributed by atoms with Crippen LogP contribution < -0.4 is 5.73 Å². The molecule has 14 heavy (non-hydrogen) atoms. The molecule has 0 aromatic heterocycles. The van der Waals surface area contributed by atoms with Crippen LogP contribution in [0.2, 0.25) is 10.0 Å². The Kier molecular flexibility index (Phi) is 4.21. The smallest absolute Gasteiger partial charge is 0.126 e. The normalized spacial score (nSPS) is 9.43. The molecule has 0 spiro atoms. The van der Waals surface area contributed by atoms with Crippen molar-refractivity contribution in [3.05, 3.63) is 33.6 Å². The van der Waals surface area contributed by atoms with Crippen molar-refractivity contribution in [3.8, 4) is 11.8 Å². The van der Waals surface area contributed by atoms with Gasteiger partial charge in [-0.15, -0.1) is 0 Å². The second-order valence-corrected chi connectivity index (χ2v) is 3.40. The van der Waals surface area contributed by atoms with E-state index in [1.165, 1.54) is 12.1 Å². The predicted molar refractivity (Wildman–Crippen MR) is 57.0 cm³/mol. The Morgan fingerprint density at radius 1 is 1.29 bits per heavy atom. The van der Waals surface area contributed by atoms with Gasteiger partial charge in [0.25, 0.3) is 0 Å². The van der Waals surface area contributed by atoms with Gasteiger partial charge in [0.2, 0.25) is 0 Å². The summed E-state index contributed by atoms with van der Waals surface area (Å²) in [5.41, 5.74) is 5.71. The lowest BCUT2D eigenvalue weighted by Gasteiger charge is -1.99. The van der Waals surface area contributed by atoms with E-state index in [0.29, 0.717) is 18.5 Å². The molecule has 4 heteroatoms. The zero-order valence-corrected chi connectivity index (χ0v) is 8.79. The van der Waals surface area contributed by atoms with Gasteiger partial charge >= 0.3 is 0 Å². The zero-order chi connectivity index (χ0) is 10.6. The highest BCUT2D eigenvalue weighted by molar-refractivity contribution is 6.36. The van der Waals surface area contributed by atoms with Crippen LogP contribution in [0.15, 0.2) is 12.1 Å². The second-order valence-electron chi connectivity index (χ2n) is 2.58. The van der Waals surface area contributed by atoms with Crippen LogP contribution in [0.25, 0.3) is 0 Å². The van der Waals surface area contributed by atoms with E-state index in [2.05, 4.69) is 11.8 Å². The molecule has 0 atom stereocenters. The van der Waals surface area contributed by atoms with Gasteiger partial charge in [-0.3, -0.25) is 0 Å². The van der Waals surface area contributed by atoms with E-state index >= 15 is 0 Å². The van der Waals surface area contributed by atoms with Crippen molar-refractivity contribution in [2.45, 2.75) is 6.42 Å². The Morgan fingerprint density at radius 3 is 2.36 bits per heavy atom. The van der Waals surface area contributed by atoms with Gasteiger partial charge in [-0.05, 0) is 12.1 Å². The molecule has 0 saturated carbocycles. The molecule has 2 N–H and O–H groups in total. The zero-order valence-electron chi connectivity index (χ0n) is 7.28. The Hall–Kier alpha value is -0.750. The highest BCUT2D eigenvalue weighted by Gasteiger charge is 2.05. The van der Waals surface area contributed by atoms with Crippen molar-refractivity contribution >= 4 is 23.2 Å². The number of nitrogens with two attached hydrogens (primary N) is 1. The third kappa shape index (κ3) is 2.88. The fourth-order valence-corrected chi connectivity index (χ4v) is 1.44. The van der Waals surface area contributed by atoms with Crippen LogP contribution in [0.3, 0.4) is 0 Å². The highest BCUT2D eigenvalue weighted by atomic mass is 35.5. The van der Waals surface area contributed by atoms with Gasteiger partial charge in [-0.25, -0.2) is 4.39 Å². The Labute approximate surface area is 92.0 Å². The van der Waals surface area contributed by atoms with Crippen molar-refractivity contribution in [3.63, 3.8) is 0 Å². The van der Waals surface area contributed by atoms with Gasteiger partial charge in [-0.2, -0.15) is 0 Å². The lowest BCUT2D eigenvalue weighted by atomic mass is 10.2. The minimum Gasteiger partial charge on any atom is -0.330 e. The fourth-order valence-electron chi connectivity index (χ4n) is 0.885. The van der Waals surface area contributed by atoms with Crippen LogP contribution in [-0.4, -0.2) is 6.54 Å². The van der Waals surface area contributed by atoms with Gasteiger partial charge < -0.3 is 5.73 Å². The summed E-state index contributed by atoms with van der Waals surface area (Å²) in [4.78, 5) is 0. The van der Waals surface area contributed by atoms with E-state index in [1.54, 1.807) is 0 Å². The lowest BCUT2D eigenvalue weighted by Crippen LogP contribution is -1.95. The minimum absolute atomic E-state index is 0.222.